The van der Waals surface area contributed by atoms with Crippen molar-refractivity contribution in [2.75, 3.05) is 25.0 Å². The molecule has 1 fully saturated rings. The molecule has 2 rings (SSSR count). The third-order valence-corrected chi connectivity index (χ3v) is 3.46. The number of carbonyl (C=O) groups excluding carboxylic acids is 2. The van der Waals surface area contributed by atoms with Crippen molar-refractivity contribution < 1.29 is 9.59 Å². The Morgan fingerprint density at radius 2 is 2.10 bits per heavy atom. The number of piperidine rings is 1. The Morgan fingerprint density at radius 3 is 2.81 bits per heavy atom. The number of carbonyl (C=O) groups is 2. The quantitative estimate of drug-likeness (QED) is 0.830. The number of rotatable bonds is 3. The minimum atomic E-state index is -0.204. The number of benzene rings is 1. The van der Waals surface area contributed by atoms with E-state index in [4.69, 9.17) is 6.42 Å². The van der Waals surface area contributed by atoms with Crippen molar-refractivity contribution in [1.82, 2.24) is 10.2 Å². The summed E-state index contributed by atoms with van der Waals surface area (Å²) in [5.74, 6) is 2.14. The Labute approximate surface area is 124 Å². The van der Waals surface area contributed by atoms with Crippen molar-refractivity contribution in [2.24, 2.45) is 5.92 Å². The molecule has 1 aliphatic rings. The zero-order valence-electron chi connectivity index (χ0n) is 11.8. The van der Waals surface area contributed by atoms with Gasteiger partial charge in [0.25, 0.3) is 0 Å². The summed E-state index contributed by atoms with van der Waals surface area (Å²) in [6, 6.07) is 9.13. The molecule has 0 radical (unpaired) electrons. The predicted octanol–water partition coefficient (Wildman–Crippen LogP) is 1.68. The van der Waals surface area contributed by atoms with Crippen LogP contribution in [0.2, 0.25) is 0 Å². The zero-order valence-corrected chi connectivity index (χ0v) is 11.8. The van der Waals surface area contributed by atoms with Crippen LogP contribution >= 0.6 is 0 Å². The first-order valence-electron chi connectivity index (χ1n) is 7.03. The van der Waals surface area contributed by atoms with Gasteiger partial charge in [-0.3, -0.25) is 4.79 Å². The fourth-order valence-corrected chi connectivity index (χ4v) is 2.38. The molecule has 1 aromatic carbocycles. The second-order valence-electron chi connectivity index (χ2n) is 5.00. The lowest BCUT2D eigenvalue weighted by atomic mass is 9.97. The molecule has 110 valence electrons. The molecule has 0 bridgehead atoms. The molecule has 1 aliphatic heterocycles. The first-order valence-corrected chi connectivity index (χ1v) is 7.03. The van der Waals surface area contributed by atoms with E-state index in [-0.39, 0.29) is 24.4 Å². The third-order valence-electron chi connectivity index (χ3n) is 3.46. The fraction of sp³-hybridized carbons (Fsp3) is 0.375. The SMILES string of the molecule is C#CCNC(=O)N1CCC[C@H](C(=O)Nc2ccccc2)C1. The Hall–Kier alpha value is -2.48. The molecule has 1 aromatic rings. The largest absolute Gasteiger partial charge is 0.327 e. The van der Waals surface area contributed by atoms with Crippen LogP contribution in [0.5, 0.6) is 0 Å². The molecule has 5 heteroatoms. The van der Waals surface area contributed by atoms with Gasteiger partial charge in [0.15, 0.2) is 0 Å². The summed E-state index contributed by atoms with van der Waals surface area (Å²) in [4.78, 5) is 25.8. The highest BCUT2D eigenvalue weighted by Gasteiger charge is 2.28. The van der Waals surface area contributed by atoms with Gasteiger partial charge in [-0.05, 0) is 25.0 Å². The number of anilines is 1. The van der Waals surface area contributed by atoms with E-state index in [1.165, 1.54) is 0 Å². The van der Waals surface area contributed by atoms with E-state index in [1.54, 1.807) is 4.90 Å². The molecular formula is C16H19N3O2. The molecule has 0 unspecified atom stereocenters. The van der Waals surface area contributed by atoms with Crippen molar-refractivity contribution in [3.05, 3.63) is 30.3 Å². The molecular weight excluding hydrogens is 266 g/mol. The minimum Gasteiger partial charge on any atom is -0.327 e. The fourth-order valence-electron chi connectivity index (χ4n) is 2.38. The van der Waals surface area contributed by atoms with Crippen LogP contribution in [0.1, 0.15) is 12.8 Å². The van der Waals surface area contributed by atoms with E-state index in [2.05, 4.69) is 16.6 Å². The number of nitrogens with zero attached hydrogens (tertiary/aromatic N) is 1. The summed E-state index contributed by atoms with van der Waals surface area (Å²) in [6.45, 7) is 1.29. The van der Waals surface area contributed by atoms with E-state index >= 15 is 0 Å². The summed E-state index contributed by atoms with van der Waals surface area (Å²) < 4.78 is 0. The normalized spacial score (nSPS) is 17.7. The number of urea groups is 1. The summed E-state index contributed by atoms with van der Waals surface area (Å²) in [5, 5.41) is 5.52. The lowest BCUT2D eigenvalue weighted by Gasteiger charge is -2.31. The average molecular weight is 285 g/mol. The van der Waals surface area contributed by atoms with Crippen LogP contribution in [-0.2, 0) is 4.79 Å². The van der Waals surface area contributed by atoms with Crippen LogP contribution < -0.4 is 10.6 Å². The average Bonchev–Trinajstić information content (AvgIpc) is 2.53. The highest BCUT2D eigenvalue weighted by Crippen LogP contribution is 2.18. The molecule has 2 N–H and O–H groups in total. The molecule has 0 aliphatic carbocycles. The van der Waals surface area contributed by atoms with E-state index in [0.717, 1.165) is 18.5 Å². The number of likely N-dealkylation sites (tertiary alicyclic amines) is 1. The molecule has 0 spiro atoms. The standard InChI is InChI=1S/C16H19N3O2/c1-2-10-17-16(21)19-11-6-7-13(12-19)15(20)18-14-8-4-3-5-9-14/h1,3-5,8-9,13H,6-7,10-12H2,(H,17,21)(H,18,20)/t13-/m0/s1. The molecule has 5 nitrogen and oxygen atoms in total. The van der Waals surface area contributed by atoms with Gasteiger partial charge in [0.05, 0.1) is 12.5 Å². The lowest BCUT2D eigenvalue weighted by Crippen LogP contribution is -2.48. The van der Waals surface area contributed by atoms with Gasteiger partial charge in [-0.1, -0.05) is 24.1 Å². The number of amides is 3. The predicted molar refractivity (Wildman–Crippen MR) is 81.6 cm³/mol. The molecule has 0 aromatic heterocycles. The van der Waals surface area contributed by atoms with Crippen LogP contribution in [0.3, 0.4) is 0 Å². The van der Waals surface area contributed by atoms with Gasteiger partial charge in [0.2, 0.25) is 5.91 Å². The monoisotopic (exact) mass is 285 g/mol. The Bertz CT molecular complexity index is 536. The van der Waals surface area contributed by atoms with Crippen LogP contribution in [0.25, 0.3) is 0 Å². The molecule has 1 atom stereocenters. The third kappa shape index (κ3) is 4.25. The number of hydrogen-bond donors (Lipinski definition) is 2. The maximum Gasteiger partial charge on any atom is 0.318 e. The van der Waals surface area contributed by atoms with E-state index in [1.807, 2.05) is 30.3 Å². The van der Waals surface area contributed by atoms with Crippen LogP contribution in [0, 0.1) is 18.3 Å². The number of hydrogen-bond acceptors (Lipinski definition) is 2. The summed E-state index contributed by atoms with van der Waals surface area (Å²) in [5.41, 5.74) is 0.774. The lowest BCUT2D eigenvalue weighted by molar-refractivity contribution is -0.121. The van der Waals surface area contributed by atoms with E-state index in [0.29, 0.717) is 13.1 Å². The summed E-state index contributed by atoms with van der Waals surface area (Å²) >= 11 is 0. The minimum absolute atomic E-state index is 0.0457. The van der Waals surface area contributed by atoms with Crippen molar-refractivity contribution in [3.8, 4) is 12.3 Å². The van der Waals surface area contributed by atoms with Gasteiger partial charge < -0.3 is 15.5 Å². The second-order valence-corrected chi connectivity index (χ2v) is 5.00. The maximum absolute atomic E-state index is 12.2. The molecule has 1 saturated heterocycles. The highest BCUT2D eigenvalue weighted by atomic mass is 16.2. The van der Waals surface area contributed by atoms with Gasteiger partial charge in [0, 0.05) is 18.8 Å². The molecule has 21 heavy (non-hydrogen) atoms. The van der Waals surface area contributed by atoms with Crippen LogP contribution in [-0.4, -0.2) is 36.5 Å². The van der Waals surface area contributed by atoms with Crippen LogP contribution in [0.4, 0.5) is 10.5 Å². The van der Waals surface area contributed by atoms with Crippen molar-refractivity contribution >= 4 is 17.6 Å². The van der Waals surface area contributed by atoms with E-state index in [9.17, 15) is 9.59 Å². The van der Waals surface area contributed by atoms with Gasteiger partial charge in [0.1, 0.15) is 0 Å². The smallest absolute Gasteiger partial charge is 0.318 e. The second kappa shape index (κ2) is 7.34. The van der Waals surface area contributed by atoms with Gasteiger partial charge in [-0.25, -0.2) is 4.79 Å². The van der Waals surface area contributed by atoms with E-state index < -0.39 is 0 Å². The maximum atomic E-state index is 12.2. The number of nitrogens with one attached hydrogen (secondary N) is 2. The number of para-hydroxylation sites is 1. The topological polar surface area (TPSA) is 61.4 Å². The van der Waals surface area contributed by atoms with Crippen molar-refractivity contribution in [1.29, 1.82) is 0 Å². The summed E-state index contributed by atoms with van der Waals surface area (Å²) in [7, 11) is 0. The van der Waals surface area contributed by atoms with Crippen molar-refractivity contribution in [2.45, 2.75) is 12.8 Å². The molecule has 1 heterocycles. The summed E-state index contributed by atoms with van der Waals surface area (Å²) in [6.07, 6.45) is 6.73. The Balaban J connectivity index is 1.90. The molecule has 3 amide bonds. The highest BCUT2D eigenvalue weighted by molar-refractivity contribution is 5.93. The Morgan fingerprint density at radius 1 is 1.33 bits per heavy atom. The van der Waals surface area contributed by atoms with Crippen molar-refractivity contribution in [3.63, 3.8) is 0 Å². The van der Waals surface area contributed by atoms with Gasteiger partial charge in [-0.15, -0.1) is 6.42 Å². The first kappa shape index (κ1) is 14.9. The van der Waals surface area contributed by atoms with Crippen LogP contribution in [0.15, 0.2) is 30.3 Å². The van der Waals surface area contributed by atoms with Gasteiger partial charge >= 0.3 is 6.03 Å². The molecule has 0 saturated carbocycles. The Kier molecular flexibility index (Phi) is 5.22. The van der Waals surface area contributed by atoms with Gasteiger partial charge in [-0.2, -0.15) is 0 Å². The zero-order chi connectivity index (χ0) is 15.1. The number of terminal acetylenes is 1. The first-order chi connectivity index (χ1) is 10.2.